The molecule has 1 fully saturated rings. The minimum atomic E-state index is -4.96. The van der Waals surface area contributed by atoms with Gasteiger partial charge in [-0.05, 0) is 37.1 Å². The van der Waals surface area contributed by atoms with Gasteiger partial charge in [0.1, 0.15) is 17.3 Å². The van der Waals surface area contributed by atoms with Crippen molar-refractivity contribution in [3.63, 3.8) is 0 Å². The lowest BCUT2D eigenvalue weighted by Crippen LogP contribution is -2.42. The molecule has 4 rings (SSSR count). The number of aromatic nitrogens is 3. The first-order chi connectivity index (χ1) is 15.3. The number of alkyl halides is 3. The summed E-state index contributed by atoms with van der Waals surface area (Å²) in [6, 6.07) is 14.0. The zero-order valence-electron chi connectivity index (χ0n) is 16.9. The number of ether oxygens (including phenoxy) is 1. The van der Waals surface area contributed by atoms with Crippen LogP contribution in [0.3, 0.4) is 0 Å². The van der Waals surface area contributed by atoms with Crippen molar-refractivity contribution >= 4 is 5.91 Å². The number of halogens is 4. The highest BCUT2D eigenvalue weighted by molar-refractivity contribution is 5.93. The highest BCUT2D eigenvalue weighted by Crippen LogP contribution is 2.34. The lowest BCUT2D eigenvalue weighted by atomic mass is 9.98. The predicted octanol–water partition coefficient (Wildman–Crippen LogP) is 4.36. The van der Waals surface area contributed by atoms with Gasteiger partial charge in [-0.1, -0.05) is 35.5 Å². The van der Waals surface area contributed by atoms with Crippen LogP contribution < -0.4 is 4.74 Å². The van der Waals surface area contributed by atoms with Gasteiger partial charge in [-0.2, -0.15) is 13.2 Å². The molecule has 6 nitrogen and oxygen atoms in total. The number of rotatable bonds is 5. The van der Waals surface area contributed by atoms with Crippen molar-refractivity contribution in [3.8, 4) is 11.4 Å². The molecule has 0 bridgehead atoms. The van der Waals surface area contributed by atoms with Crippen LogP contribution in [-0.2, 0) is 6.18 Å². The van der Waals surface area contributed by atoms with Gasteiger partial charge in [0.25, 0.3) is 5.91 Å². The van der Waals surface area contributed by atoms with E-state index in [0.29, 0.717) is 30.0 Å². The summed E-state index contributed by atoms with van der Waals surface area (Å²) in [4.78, 5) is 14.3. The molecule has 0 N–H and O–H groups in total. The molecule has 1 aromatic heterocycles. The maximum absolute atomic E-state index is 14.1. The van der Waals surface area contributed by atoms with Crippen molar-refractivity contribution in [2.24, 2.45) is 5.92 Å². The Hall–Kier alpha value is -3.43. The molecule has 0 radical (unpaired) electrons. The summed E-state index contributed by atoms with van der Waals surface area (Å²) in [6.45, 7) is 0.863. The second kappa shape index (κ2) is 8.97. The fraction of sp³-hybridized carbons (Fsp3) is 0.318. The van der Waals surface area contributed by atoms with E-state index in [-0.39, 0.29) is 12.5 Å². The first-order valence-electron chi connectivity index (χ1n) is 10.1. The van der Waals surface area contributed by atoms with E-state index in [1.165, 1.54) is 17.0 Å². The van der Waals surface area contributed by atoms with Gasteiger partial charge >= 0.3 is 6.18 Å². The van der Waals surface area contributed by atoms with E-state index in [0.717, 1.165) is 18.6 Å². The Kier molecular flexibility index (Phi) is 6.11. The number of benzene rings is 2. The van der Waals surface area contributed by atoms with E-state index in [4.69, 9.17) is 4.74 Å². The molecular formula is C22H20F4N4O2. The minimum Gasteiger partial charge on any atom is -0.493 e. The van der Waals surface area contributed by atoms with Crippen molar-refractivity contribution in [1.29, 1.82) is 0 Å². The smallest absolute Gasteiger partial charge is 0.435 e. The molecule has 1 atom stereocenters. The first-order valence-corrected chi connectivity index (χ1v) is 10.1. The summed E-state index contributed by atoms with van der Waals surface area (Å²) < 4.78 is 61.8. The molecule has 1 saturated heterocycles. The Labute approximate surface area is 181 Å². The summed E-state index contributed by atoms with van der Waals surface area (Å²) in [7, 11) is 0. The molecule has 2 heterocycles. The van der Waals surface area contributed by atoms with Crippen molar-refractivity contribution in [2.75, 3.05) is 19.7 Å². The van der Waals surface area contributed by atoms with Crippen LogP contribution in [0.5, 0.6) is 5.75 Å². The number of carbonyl (C=O) groups is 1. The monoisotopic (exact) mass is 448 g/mol. The topological polar surface area (TPSA) is 60.2 Å². The largest absolute Gasteiger partial charge is 0.493 e. The first kappa shape index (κ1) is 21.8. The van der Waals surface area contributed by atoms with Crippen LogP contribution >= 0.6 is 0 Å². The normalized spacial score (nSPS) is 16.8. The average molecular weight is 448 g/mol. The van der Waals surface area contributed by atoms with E-state index in [9.17, 15) is 22.4 Å². The second-order valence-corrected chi connectivity index (χ2v) is 7.53. The van der Waals surface area contributed by atoms with Gasteiger partial charge in [0, 0.05) is 19.0 Å². The van der Waals surface area contributed by atoms with Crippen LogP contribution in [0.25, 0.3) is 5.69 Å². The lowest BCUT2D eigenvalue weighted by molar-refractivity contribution is -0.143. The Morgan fingerprint density at radius 2 is 1.81 bits per heavy atom. The van der Waals surface area contributed by atoms with Crippen LogP contribution in [0.15, 0.2) is 54.6 Å². The van der Waals surface area contributed by atoms with Gasteiger partial charge in [0.15, 0.2) is 11.4 Å². The summed E-state index contributed by atoms with van der Waals surface area (Å²) in [5.41, 5.74) is -2.67. The van der Waals surface area contributed by atoms with Crippen LogP contribution in [-0.4, -0.2) is 45.5 Å². The van der Waals surface area contributed by atoms with Gasteiger partial charge in [-0.25, -0.2) is 9.07 Å². The van der Waals surface area contributed by atoms with Gasteiger partial charge in [-0.3, -0.25) is 4.79 Å². The third-order valence-corrected chi connectivity index (χ3v) is 5.26. The van der Waals surface area contributed by atoms with Crippen LogP contribution in [0.4, 0.5) is 17.6 Å². The van der Waals surface area contributed by atoms with Crippen LogP contribution in [0, 0.1) is 11.7 Å². The number of nitrogens with zero attached hydrogens (tertiary/aromatic N) is 4. The summed E-state index contributed by atoms with van der Waals surface area (Å²) >= 11 is 0. The Morgan fingerprint density at radius 1 is 1.09 bits per heavy atom. The van der Waals surface area contributed by atoms with Crippen molar-refractivity contribution < 1.29 is 27.1 Å². The molecule has 1 unspecified atom stereocenters. The number of likely N-dealkylation sites (tertiary alicyclic amines) is 1. The molecule has 0 saturated carbocycles. The van der Waals surface area contributed by atoms with Crippen molar-refractivity contribution in [3.05, 3.63) is 71.8 Å². The quantitative estimate of drug-likeness (QED) is 0.545. The van der Waals surface area contributed by atoms with Crippen molar-refractivity contribution in [1.82, 2.24) is 19.9 Å². The Balaban J connectivity index is 1.55. The highest BCUT2D eigenvalue weighted by Gasteiger charge is 2.43. The van der Waals surface area contributed by atoms with Crippen LogP contribution in [0.1, 0.15) is 29.0 Å². The van der Waals surface area contributed by atoms with Gasteiger partial charge in [0.05, 0.1) is 6.61 Å². The number of para-hydroxylation sites is 2. The molecular weight excluding hydrogens is 428 g/mol. The summed E-state index contributed by atoms with van der Waals surface area (Å²) in [5, 5.41) is 6.96. The maximum Gasteiger partial charge on any atom is 0.435 e. The van der Waals surface area contributed by atoms with Gasteiger partial charge < -0.3 is 9.64 Å². The predicted molar refractivity (Wildman–Crippen MR) is 107 cm³/mol. The Morgan fingerprint density at radius 3 is 2.53 bits per heavy atom. The molecule has 1 aliphatic rings. The minimum absolute atomic E-state index is 0.0381. The molecule has 0 aliphatic carbocycles. The molecule has 3 aromatic rings. The summed E-state index contributed by atoms with van der Waals surface area (Å²) in [5.74, 6) is -1.14. The SMILES string of the molecule is O=C(c1nnn(-c2ccccc2F)c1C(F)(F)F)N1CCCC(COc2ccccc2)C1. The van der Waals surface area contributed by atoms with E-state index < -0.39 is 35.0 Å². The number of amides is 1. The second-order valence-electron chi connectivity index (χ2n) is 7.53. The zero-order chi connectivity index (χ0) is 22.7. The van der Waals surface area contributed by atoms with Crippen LogP contribution in [0.2, 0.25) is 0 Å². The molecule has 10 heteroatoms. The third kappa shape index (κ3) is 4.58. The molecule has 1 aliphatic heterocycles. The average Bonchev–Trinajstić information content (AvgIpc) is 3.24. The number of piperidine rings is 1. The number of carbonyl (C=O) groups excluding carboxylic acids is 1. The standard InChI is InChI=1S/C22H20F4N4O2/c23-17-10-4-5-11-18(17)30-20(22(24,25)26)19(27-28-30)21(31)29-12-6-7-15(13-29)14-32-16-8-2-1-3-9-16/h1-5,8-11,15H,6-7,12-14H2. The van der Waals surface area contributed by atoms with E-state index in [1.807, 2.05) is 30.3 Å². The van der Waals surface area contributed by atoms with E-state index in [2.05, 4.69) is 10.3 Å². The highest BCUT2D eigenvalue weighted by atomic mass is 19.4. The number of hydrogen-bond acceptors (Lipinski definition) is 4. The van der Waals surface area contributed by atoms with Gasteiger partial charge in [0.2, 0.25) is 0 Å². The third-order valence-electron chi connectivity index (χ3n) is 5.26. The molecule has 1 amide bonds. The summed E-state index contributed by atoms with van der Waals surface area (Å²) in [6.07, 6.45) is -3.55. The molecule has 168 valence electrons. The van der Waals surface area contributed by atoms with Gasteiger partial charge in [-0.15, -0.1) is 5.10 Å². The maximum atomic E-state index is 14.1. The zero-order valence-corrected chi connectivity index (χ0v) is 16.9. The van der Waals surface area contributed by atoms with E-state index in [1.54, 1.807) is 0 Å². The number of hydrogen-bond donors (Lipinski definition) is 0. The molecule has 2 aromatic carbocycles. The fourth-order valence-electron chi connectivity index (χ4n) is 3.74. The molecule has 0 spiro atoms. The Bertz CT molecular complexity index is 1090. The molecule has 32 heavy (non-hydrogen) atoms. The fourth-order valence-corrected chi connectivity index (χ4v) is 3.74. The van der Waals surface area contributed by atoms with Crippen molar-refractivity contribution in [2.45, 2.75) is 19.0 Å². The lowest BCUT2D eigenvalue weighted by Gasteiger charge is -2.32. The van der Waals surface area contributed by atoms with E-state index >= 15 is 0 Å².